The number of rotatable bonds is 14. The quantitative estimate of drug-likeness (QED) is 0.246. The Bertz CT molecular complexity index is 1480. The van der Waals surface area contributed by atoms with Crippen LogP contribution in [0.25, 0.3) is 0 Å². The summed E-state index contributed by atoms with van der Waals surface area (Å²) < 4.78 is 43.7. The number of amides is 1. The predicted molar refractivity (Wildman–Crippen MR) is 171 cm³/mol. The van der Waals surface area contributed by atoms with Crippen molar-refractivity contribution in [3.8, 4) is 17.2 Å². The largest absolute Gasteiger partial charge is 0.497 e. The van der Waals surface area contributed by atoms with Gasteiger partial charge < -0.3 is 30.0 Å². The van der Waals surface area contributed by atoms with E-state index >= 15 is 0 Å². The second kappa shape index (κ2) is 15.3. The normalized spacial score (nSPS) is 15.8. The SMILES string of the molecule is COc1cc(CNC[C@@H](O)[C@H](Cc2ccccc2)NC(=O)c2cc(OC(C)C)cc(N3CCCCS3(=O)=O)c2)cc(OC)c1. The Hall–Kier alpha value is -3.80. The van der Waals surface area contributed by atoms with E-state index in [2.05, 4.69) is 10.6 Å². The molecule has 0 unspecified atom stereocenters. The third-order valence-electron chi connectivity index (χ3n) is 7.34. The van der Waals surface area contributed by atoms with Crippen molar-refractivity contribution >= 4 is 21.6 Å². The van der Waals surface area contributed by atoms with Gasteiger partial charge in [-0.05, 0) is 68.5 Å². The lowest BCUT2D eigenvalue weighted by atomic mass is 10.00. The number of nitrogens with one attached hydrogen (secondary N) is 2. The molecule has 44 heavy (non-hydrogen) atoms. The zero-order valence-electron chi connectivity index (χ0n) is 25.8. The standard InChI is InChI=1S/C33H43N3O7S/c1-23(2)43-30-18-26(17-27(19-30)36-12-8-9-13-44(36,39)40)33(38)35-31(16-24-10-6-5-7-11-24)32(37)22-34-21-25-14-28(41-3)20-29(15-25)42-4/h5-7,10-11,14-15,17-20,23,31-32,34,37H,8-9,12-13,16,21-22H2,1-4H3,(H,35,38)/t31-,32+/m0/s1. The van der Waals surface area contributed by atoms with Gasteiger partial charge in [0.15, 0.2) is 0 Å². The molecule has 0 saturated carbocycles. The molecule has 2 atom stereocenters. The van der Waals surface area contributed by atoms with Crippen LogP contribution >= 0.6 is 0 Å². The highest BCUT2D eigenvalue weighted by Crippen LogP contribution is 2.30. The summed E-state index contributed by atoms with van der Waals surface area (Å²) in [6, 6.07) is 19.4. The van der Waals surface area contributed by atoms with E-state index in [-0.39, 0.29) is 24.0 Å². The Balaban J connectivity index is 1.55. The summed E-state index contributed by atoms with van der Waals surface area (Å²) >= 11 is 0. The molecule has 11 heteroatoms. The molecule has 1 amide bonds. The first-order valence-corrected chi connectivity index (χ1v) is 16.5. The van der Waals surface area contributed by atoms with Gasteiger partial charge in [-0.25, -0.2) is 8.42 Å². The van der Waals surface area contributed by atoms with Gasteiger partial charge in [0, 0.05) is 37.3 Å². The number of hydrogen-bond acceptors (Lipinski definition) is 8. The molecule has 1 fully saturated rings. The highest BCUT2D eigenvalue weighted by atomic mass is 32.2. The smallest absolute Gasteiger partial charge is 0.251 e. The van der Waals surface area contributed by atoms with Crippen molar-refractivity contribution in [1.82, 2.24) is 10.6 Å². The third kappa shape index (κ3) is 9.10. The topological polar surface area (TPSA) is 126 Å². The van der Waals surface area contributed by atoms with Gasteiger partial charge in [0.1, 0.15) is 17.2 Å². The molecule has 1 aliphatic heterocycles. The van der Waals surface area contributed by atoms with Gasteiger partial charge >= 0.3 is 0 Å². The average Bonchev–Trinajstić information content (AvgIpc) is 3.00. The molecule has 0 bridgehead atoms. The Morgan fingerprint density at radius 1 is 0.932 bits per heavy atom. The van der Waals surface area contributed by atoms with Crippen LogP contribution in [-0.2, 0) is 23.0 Å². The minimum absolute atomic E-state index is 0.0602. The van der Waals surface area contributed by atoms with Crippen molar-refractivity contribution < 1.29 is 32.5 Å². The van der Waals surface area contributed by atoms with Crippen LogP contribution in [0.2, 0.25) is 0 Å². The number of carbonyl (C=O) groups is 1. The number of anilines is 1. The van der Waals surface area contributed by atoms with E-state index in [1.165, 1.54) is 4.31 Å². The molecule has 3 N–H and O–H groups in total. The Labute approximate surface area is 260 Å². The van der Waals surface area contributed by atoms with Crippen molar-refractivity contribution in [2.24, 2.45) is 0 Å². The fourth-order valence-corrected chi connectivity index (χ4v) is 6.78. The van der Waals surface area contributed by atoms with Crippen molar-refractivity contribution in [1.29, 1.82) is 0 Å². The van der Waals surface area contributed by atoms with Crippen molar-refractivity contribution in [2.45, 2.75) is 57.9 Å². The van der Waals surface area contributed by atoms with E-state index < -0.39 is 28.1 Å². The summed E-state index contributed by atoms with van der Waals surface area (Å²) in [6.07, 6.45) is 0.605. The first-order valence-electron chi connectivity index (χ1n) is 14.9. The van der Waals surface area contributed by atoms with Crippen LogP contribution in [0.5, 0.6) is 17.2 Å². The molecule has 0 aromatic heterocycles. The second-order valence-corrected chi connectivity index (χ2v) is 13.2. The molecule has 238 valence electrons. The number of sulfonamides is 1. The van der Waals surface area contributed by atoms with Crippen molar-refractivity contribution in [3.05, 3.63) is 83.4 Å². The number of nitrogens with zero attached hydrogens (tertiary/aromatic N) is 1. The highest BCUT2D eigenvalue weighted by Gasteiger charge is 2.28. The number of ether oxygens (including phenoxy) is 3. The zero-order chi connectivity index (χ0) is 31.7. The number of carbonyl (C=O) groups excluding carboxylic acids is 1. The maximum absolute atomic E-state index is 13.7. The summed E-state index contributed by atoms with van der Waals surface area (Å²) in [5.41, 5.74) is 2.51. The van der Waals surface area contributed by atoms with Gasteiger partial charge in [0.25, 0.3) is 5.91 Å². The van der Waals surface area contributed by atoms with E-state index in [4.69, 9.17) is 14.2 Å². The molecule has 1 aliphatic rings. The molecule has 10 nitrogen and oxygen atoms in total. The Morgan fingerprint density at radius 3 is 2.27 bits per heavy atom. The lowest BCUT2D eigenvalue weighted by Gasteiger charge is -2.29. The Morgan fingerprint density at radius 2 is 1.64 bits per heavy atom. The van der Waals surface area contributed by atoms with E-state index in [1.807, 2.05) is 56.3 Å². The van der Waals surface area contributed by atoms with E-state index in [9.17, 15) is 18.3 Å². The molecule has 0 radical (unpaired) electrons. The predicted octanol–water partition coefficient (Wildman–Crippen LogP) is 3.91. The molecule has 3 aromatic rings. The molecule has 1 heterocycles. The number of aliphatic hydroxyl groups excluding tert-OH is 1. The van der Waals surface area contributed by atoms with Crippen molar-refractivity contribution in [2.75, 3.05) is 37.4 Å². The van der Waals surface area contributed by atoms with Gasteiger partial charge in [-0.2, -0.15) is 0 Å². The van der Waals surface area contributed by atoms with Gasteiger partial charge in [-0.3, -0.25) is 9.10 Å². The molecular weight excluding hydrogens is 582 g/mol. The van der Waals surface area contributed by atoms with Crippen LogP contribution in [0.3, 0.4) is 0 Å². The highest BCUT2D eigenvalue weighted by molar-refractivity contribution is 7.92. The molecule has 0 spiro atoms. The minimum Gasteiger partial charge on any atom is -0.497 e. The van der Waals surface area contributed by atoms with Gasteiger partial charge in [-0.15, -0.1) is 0 Å². The number of benzene rings is 3. The van der Waals surface area contributed by atoms with Crippen LogP contribution in [0.4, 0.5) is 5.69 Å². The van der Waals surface area contributed by atoms with Crippen LogP contribution in [0.15, 0.2) is 66.7 Å². The monoisotopic (exact) mass is 625 g/mol. The van der Waals surface area contributed by atoms with Gasteiger partial charge in [0.2, 0.25) is 10.0 Å². The summed E-state index contributed by atoms with van der Waals surface area (Å²) in [7, 11) is -0.324. The summed E-state index contributed by atoms with van der Waals surface area (Å²) in [6.45, 7) is 4.72. The van der Waals surface area contributed by atoms with Crippen LogP contribution in [-0.4, -0.2) is 70.7 Å². The number of hydrogen-bond donors (Lipinski definition) is 3. The minimum atomic E-state index is -3.50. The zero-order valence-corrected chi connectivity index (χ0v) is 26.6. The lowest BCUT2D eigenvalue weighted by molar-refractivity contribution is 0.0829. The average molecular weight is 626 g/mol. The fourth-order valence-electron chi connectivity index (χ4n) is 5.16. The summed E-state index contributed by atoms with van der Waals surface area (Å²) in [5, 5.41) is 17.6. The summed E-state index contributed by atoms with van der Waals surface area (Å²) in [4.78, 5) is 13.7. The molecule has 4 rings (SSSR count). The molecule has 1 saturated heterocycles. The molecule has 3 aromatic carbocycles. The van der Waals surface area contributed by atoms with Crippen LogP contribution in [0, 0.1) is 0 Å². The van der Waals surface area contributed by atoms with E-state index in [0.717, 1.165) is 17.5 Å². The van der Waals surface area contributed by atoms with E-state index in [1.54, 1.807) is 38.5 Å². The third-order valence-corrected chi connectivity index (χ3v) is 9.21. The van der Waals surface area contributed by atoms with Gasteiger partial charge in [0.05, 0.1) is 43.9 Å². The van der Waals surface area contributed by atoms with Gasteiger partial charge in [-0.1, -0.05) is 30.3 Å². The first-order chi connectivity index (χ1) is 21.1. The van der Waals surface area contributed by atoms with Crippen LogP contribution in [0.1, 0.15) is 48.2 Å². The summed E-state index contributed by atoms with van der Waals surface area (Å²) in [5.74, 6) is 1.35. The van der Waals surface area contributed by atoms with Crippen LogP contribution < -0.4 is 29.1 Å². The molecular formula is C33H43N3O7S. The molecule has 0 aliphatic carbocycles. The fraction of sp³-hybridized carbons (Fsp3) is 0.424. The van der Waals surface area contributed by atoms with E-state index in [0.29, 0.717) is 48.9 Å². The first kappa shape index (κ1) is 33.1. The maximum atomic E-state index is 13.7. The maximum Gasteiger partial charge on any atom is 0.251 e. The van der Waals surface area contributed by atoms with Crippen molar-refractivity contribution in [3.63, 3.8) is 0 Å². The second-order valence-electron chi connectivity index (χ2n) is 11.2. The number of aliphatic hydroxyl groups is 1. The lowest BCUT2D eigenvalue weighted by Crippen LogP contribution is -2.48. The Kier molecular flexibility index (Phi) is 11.5. The number of methoxy groups -OCH3 is 2.